The molecule has 0 aliphatic carbocycles. The average Bonchev–Trinajstić information content (AvgIpc) is 3.00. The highest BCUT2D eigenvalue weighted by molar-refractivity contribution is 7.89. The molecule has 26 heavy (non-hydrogen) atoms. The molecule has 0 radical (unpaired) electrons. The lowest BCUT2D eigenvalue weighted by molar-refractivity contribution is 0.298. The summed E-state index contributed by atoms with van der Waals surface area (Å²) in [7, 11) is -1.45. The van der Waals surface area contributed by atoms with E-state index in [-0.39, 0.29) is 11.8 Å². The summed E-state index contributed by atoms with van der Waals surface area (Å²) in [6, 6.07) is 5.71. The van der Waals surface area contributed by atoms with Crippen molar-refractivity contribution in [3.8, 4) is 5.75 Å². The van der Waals surface area contributed by atoms with Crippen molar-refractivity contribution in [2.24, 2.45) is 0 Å². The van der Waals surface area contributed by atoms with Gasteiger partial charge in [0, 0.05) is 31.7 Å². The predicted molar refractivity (Wildman–Crippen MR) is 101 cm³/mol. The maximum Gasteiger partial charge on any atom is 0.214 e. The van der Waals surface area contributed by atoms with E-state index in [2.05, 4.69) is 4.90 Å². The number of aromatic nitrogens is 2. The lowest BCUT2D eigenvalue weighted by Gasteiger charge is -2.37. The summed E-state index contributed by atoms with van der Waals surface area (Å²) in [4.78, 5) is 11.7. The standard InChI is InChI=1S/C18H24N4O3S/c1-13-18(20-16-7-6-15(25-2)11-17(16)19-13)21-8-3-5-14(12-21)22-9-4-10-26(22,23)24/h6-7,11,14H,3-5,8-10,12H2,1-2H3. The number of rotatable bonds is 3. The van der Waals surface area contributed by atoms with Crippen LogP contribution in [0.3, 0.4) is 0 Å². The van der Waals surface area contributed by atoms with E-state index >= 15 is 0 Å². The van der Waals surface area contributed by atoms with E-state index in [1.165, 1.54) is 0 Å². The van der Waals surface area contributed by atoms with Gasteiger partial charge >= 0.3 is 0 Å². The van der Waals surface area contributed by atoms with E-state index in [0.29, 0.717) is 13.1 Å². The summed E-state index contributed by atoms with van der Waals surface area (Å²) in [5, 5.41) is 0. The SMILES string of the molecule is COc1ccc2nc(N3CCCC(N4CCCS4(=O)=O)C3)c(C)nc2c1. The minimum atomic E-state index is -3.09. The third-order valence-corrected chi connectivity index (χ3v) is 7.26. The van der Waals surface area contributed by atoms with E-state index in [1.54, 1.807) is 11.4 Å². The van der Waals surface area contributed by atoms with Gasteiger partial charge in [-0.25, -0.2) is 18.4 Å². The molecule has 0 amide bonds. The number of fused-ring (bicyclic) bond motifs is 1. The smallest absolute Gasteiger partial charge is 0.214 e. The summed E-state index contributed by atoms with van der Waals surface area (Å²) in [5.74, 6) is 1.89. The highest BCUT2D eigenvalue weighted by Gasteiger charge is 2.37. The number of hydrogen-bond donors (Lipinski definition) is 0. The third kappa shape index (κ3) is 3.12. The molecule has 0 spiro atoms. The Hall–Kier alpha value is -1.93. The fourth-order valence-corrected chi connectivity index (χ4v) is 5.75. The Bertz CT molecular complexity index is 931. The monoisotopic (exact) mass is 376 g/mol. The highest BCUT2D eigenvalue weighted by atomic mass is 32.2. The molecule has 0 bridgehead atoms. The average molecular weight is 376 g/mol. The lowest BCUT2D eigenvalue weighted by atomic mass is 10.1. The van der Waals surface area contributed by atoms with Crippen molar-refractivity contribution in [3.63, 3.8) is 0 Å². The Balaban J connectivity index is 1.63. The zero-order valence-electron chi connectivity index (χ0n) is 15.2. The summed E-state index contributed by atoms with van der Waals surface area (Å²) in [5.41, 5.74) is 2.49. The Morgan fingerprint density at radius 3 is 2.73 bits per heavy atom. The summed E-state index contributed by atoms with van der Waals surface area (Å²) in [6.07, 6.45) is 2.60. The van der Waals surface area contributed by atoms with Crippen LogP contribution in [0, 0.1) is 6.92 Å². The van der Waals surface area contributed by atoms with Crippen LogP contribution in [0.4, 0.5) is 5.82 Å². The van der Waals surface area contributed by atoms with Crippen LogP contribution >= 0.6 is 0 Å². The van der Waals surface area contributed by atoms with Gasteiger partial charge in [0.2, 0.25) is 10.0 Å². The van der Waals surface area contributed by atoms with Gasteiger partial charge in [-0.15, -0.1) is 0 Å². The molecule has 0 N–H and O–H groups in total. The molecular formula is C18H24N4O3S. The van der Waals surface area contributed by atoms with Crippen LogP contribution in [0.25, 0.3) is 11.0 Å². The number of benzene rings is 1. The van der Waals surface area contributed by atoms with E-state index in [0.717, 1.165) is 54.1 Å². The molecular weight excluding hydrogens is 352 g/mol. The van der Waals surface area contributed by atoms with E-state index in [9.17, 15) is 8.42 Å². The molecule has 2 aliphatic rings. The number of piperidine rings is 1. The van der Waals surface area contributed by atoms with Gasteiger partial charge in [0.1, 0.15) is 5.75 Å². The molecule has 8 heteroatoms. The zero-order valence-corrected chi connectivity index (χ0v) is 16.0. The minimum Gasteiger partial charge on any atom is -0.497 e. The number of hydrogen-bond acceptors (Lipinski definition) is 6. The van der Waals surface area contributed by atoms with Gasteiger partial charge in [0.05, 0.1) is 29.6 Å². The highest BCUT2D eigenvalue weighted by Crippen LogP contribution is 2.29. The van der Waals surface area contributed by atoms with Gasteiger partial charge in [0.25, 0.3) is 0 Å². The van der Waals surface area contributed by atoms with Crippen LogP contribution in [-0.2, 0) is 10.0 Å². The minimum absolute atomic E-state index is 0.0315. The summed E-state index contributed by atoms with van der Waals surface area (Å²) >= 11 is 0. The van der Waals surface area contributed by atoms with Crippen LogP contribution in [-0.4, -0.2) is 61.2 Å². The largest absolute Gasteiger partial charge is 0.497 e. The fraction of sp³-hybridized carbons (Fsp3) is 0.556. The van der Waals surface area contributed by atoms with Crippen LogP contribution in [0.1, 0.15) is 25.0 Å². The van der Waals surface area contributed by atoms with Crippen molar-refractivity contribution in [2.45, 2.75) is 32.2 Å². The second-order valence-electron chi connectivity index (χ2n) is 7.01. The number of anilines is 1. The van der Waals surface area contributed by atoms with Gasteiger partial charge < -0.3 is 9.64 Å². The molecule has 4 rings (SSSR count). The van der Waals surface area contributed by atoms with Crippen molar-refractivity contribution >= 4 is 26.9 Å². The Morgan fingerprint density at radius 1 is 1.15 bits per heavy atom. The first-order valence-electron chi connectivity index (χ1n) is 9.05. The van der Waals surface area contributed by atoms with Crippen LogP contribution in [0.2, 0.25) is 0 Å². The first-order chi connectivity index (χ1) is 12.5. The molecule has 3 heterocycles. The third-order valence-electron chi connectivity index (χ3n) is 5.26. The Morgan fingerprint density at radius 2 is 2.00 bits per heavy atom. The maximum atomic E-state index is 12.3. The fourth-order valence-electron chi connectivity index (χ4n) is 3.99. The number of nitrogens with zero attached hydrogens (tertiary/aromatic N) is 4. The lowest BCUT2D eigenvalue weighted by Crippen LogP contribution is -2.49. The molecule has 1 atom stereocenters. The first-order valence-corrected chi connectivity index (χ1v) is 10.7. The maximum absolute atomic E-state index is 12.3. The zero-order chi connectivity index (χ0) is 18.3. The number of sulfonamides is 1. The molecule has 2 saturated heterocycles. The Kier molecular flexibility index (Phi) is 4.48. The van der Waals surface area contributed by atoms with Gasteiger partial charge in [-0.1, -0.05) is 0 Å². The molecule has 140 valence electrons. The van der Waals surface area contributed by atoms with Crippen molar-refractivity contribution in [1.82, 2.24) is 14.3 Å². The second kappa shape index (κ2) is 6.66. The number of methoxy groups -OCH3 is 1. The van der Waals surface area contributed by atoms with Crippen molar-refractivity contribution in [2.75, 3.05) is 37.4 Å². The summed E-state index contributed by atoms with van der Waals surface area (Å²) < 4.78 is 31.5. The molecule has 1 aromatic heterocycles. The van der Waals surface area contributed by atoms with Gasteiger partial charge in [-0.3, -0.25) is 0 Å². The van der Waals surface area contributed by atoms with Gasteiger partial charge in [0.15, 0.2) is 5.82 Å². The van der Waals surface area contributed by atoms with E-state index in [4.69, 9.17) is 14.7 Å². The van der Waals surface area contributed by atoms with Crippen LogP contribution < -0.4 is 9.64 Å². The van der Waals surface area contributed by atoms with Gasteiger partial charge in [-0.2, -0.15) is 4.31 Å². The topological polar surface area (TPSA) is 75.6 Å². The van der Waals surface area contributed by atoms with Crippen molar-refractivity contribution in [3.05, 3.63) is 23.9 Å². The second-order valence-corrected chi connectivity index (χ2v) is 9.05. The molecule has 2 aromatic rings. The van der Waals surface area contributed by atoms with Crippen LogP contribution in [0.5, 0.6) is 5.75 Å². The quantitative estimate of drug-likeness (QED) is 0.815. The van der Waals surface area contributed by atoms with E-state index < -0.39 is 10.0 Å². The normalized spacial score (nSPS) is 23.5. The molecule has 1 unspecified atom stereocenters. The van der Waals surface area contributed by atoms with E-state index in [1.807, 2.05) is 25.1 Å². The van der Waals surface area contributed by atoms with Crippen molar-refractivity contribution in [1.29, 1.82) is 0 Å². The predicted octanol–water partition coefficient (Wildman–Crippen LogP) is 1.95. The summed E-state index contributed by atoms with van der Waals surface area (Å²) in [6.45, 7) is 4.15. The van der Waals surface area contributed by atoms with Crippen molar-refractivity contribution < 1.29 is 13.2 Å². The number of ether oxygens (including phenoxy) is 1. The molecule has 7 nitrogen and oxygen atoms in total. The first kappa shape index (κ1) is 17.5. The molecule has 2 fully saturated rings. The Labute approximate surface area is 154 Å². The molecule has 1 aromatic carbocycles. The van der Waals surface area contributed by atoms with Gasteiger partial charge in [-0.05, 0) is 38.3 Å². The van der Waals surface area contributed by atoms with Crippen LogP contribution in [0.15, 0.2) is 18.2 Å². The number of aryl methyl sites for hydroxylation is 1. The molecule has 2 aliphatic heterocycles. The molecule has 0 saturated carbocycles.